The maximum atomic E-state index is 6.57. The molecule has 4 aromatic heterocycles. The van der Waals surface area contributed by atoms with E-state index >= 15 is 0 Å². The summed E-state index contributed by atoms with van der Waals surface area (Å²) in [7, 11) is 0. The number of furan rings is 1. The Labute approximate surface area is 301 Å². The van der Waals surface area contributed by atoms with Crippen molar-refractivity contribution in [2.75, 3.05) is 0 Å². The number of aromatic nitrogens is 4. The fraction of sp³-hybridized carbons (Fsp3) is 0. The molecule has 0 spiro atoms. The van der Waals surface area contributed by atoms with Gasteiger partial charge in [0.15, 0.2) is 0 Å². The lowest BCUT2D eigenvalue weighted by Crippen LogP contribution is -2.03. The van der Waals surface area contributed by atoms with Crippen molar-refractivity contribution in [1.82, 2.24) is 19.1 Å². The predicted molar refractivity (Wildman–Crippen MR) is 217 cm³/mol. The summed E-state index contributed by atoms with van der Waals surface area (Å²) < 4.78 is 11.3. The molecule has 12 aromatic rings. The molecule has 8 aromatic carbocycles. The Morgan fingerprint density at radius 2 is 1.02 bits per heavy atom. The highest BCUT2D eigenvalue weighted by Gasteiger charge is 2.28. The molecule has 0 N–H and O–H groups in total. The highest BCUT2D eigenvalue weighted by molar-refractivity contribution is 6.38. The van der Waals surface area contributed by atoms with Crippen LogP contribution in [0, 0.1) is 0 Å². The number of para-hydroxylation sites is 4. The van der Waals surface area contributed by atoms with Crippen molar-refractivity contribution >= 4 is 87.2 Å². The SMILES string of the molecule is c1ccc(-n2c3ccc4cccc5c4c3c3c4c6c-5cccc6n(-c5nc(-c6cccc7c6oc6ccccc67)c6ccccc6n5)c4ccc32)cc1. The highest BCUT2D eigenvalue weighted by Crippen LogP contribution is 2.51. The van der Waals surface area contributed by atoms with Crippen molar-refractivity contribution in [3.8, 4) is 34.0 Å². The van der Waals surface area contributed by atoms with E-state index in [0.717, 1.165) is 60.8 Å². The largest absolute Gasteiger partial charge is 0.455 e. The van der Waals surface area contributed by atoms with Crippen LogP contribution in [0.1, 0.15) is 0 Å². The minimum absolute atomic E-state index is 0.633. The first-order valence-corrected chi connectivity index (χ1v) is 18.0. The number of nitrogens with zero attached hydrogens (tertiary/aromatic N) is 4. The topological polar surface area (TPSA) is 48.8 Å². The van der Waals surface area contributed by atoms with Gasteiger partial charge in [-0.1, -0.05) is 103 Å². The maximum Gasteiger partial charge on any atom is 0.235 e. The van der Waals surface area contributed by atoms with Crippen LogP contribution in [0.4, 0.5) is 0 Å². The van der Waals surface area contributed by atoms with Gasteiger partial charge in [-0.3, -0.25) is 4.57 Å². The van der Waals surface area contributed by atoms with Crippen molar-refractivity contribution in [1.29, 1.82) is 0 Å². The van der Waals surface area contributed by atoms with Crippen LogP contribution in [-0.2, 0) is 0 Å². The van der Waals surface area contributed by atoms with Gasteiger partial charge < -0.3 is 8.98 Å². The normalized spacial score (nSPS) is 12.5. The minimum atomic E-state index is 0.633. The van der Waals surface area contributed by atoms with Gasteiger partial charge in [0, 0.05) is 49.0 Å². The molecule has 0 unspecified atom stereocenters. The zero-order valence-electron chi connectivity index (χ0n) is 28.2. The molecule has 4 heterocycles. The Bertz CT molecular complexity index is 3570. The van der Waals surface area contributed by atoms with Crippen LogP contribution in [0.5, 0.6) is 0 Å². The molecule has 0 aliphatic heterocycles. The molecule has 0 radical (unpaired) electrons. The van der Waals surface area contributed by atoms with Crippen molar-refractivity contribution in [2.24, 2.45) is 0 Å². The van der Waals surface area contributed by atoms with Crippen LogP contribution in [0.15, 0.2) is 162 Å². The average Bonchev–Trinajstić information content (AvgIpc) is 3.85. The predicted octanol–water partition coefficient (Wildman–Crippen LogP) is 12.5. The number of hydrogen-bond acceptors (Lipinski definition) is 3. The van der Waals surface area contributed by atoms with Gasteiger partial charge in [0.25, 0.3) is 0 Å². The molecule has 13 rings (SSSR count). The molecule has 1 aliphatic rings. The van der Waals surface area contributed by atoms with Crippen LogP contribution in [0.2, 0.25) is 0 Å². The third kappa shape index (κ3) is 3.42. The van der Waals surface area contributed by atoms with E-state index in [4.69, 9.17) is 14.4 Å². The Hall–Kier alpha value is -7.24. The smallest absolute Gasteiger partial charge is 0.235 e. The summed E-state index contributed by atoms with van der Waals surface area (Å²) in [6.07, 6.45) is 0. The molecule has 1 aliphatic carbocycles. The second-order valence-electron chi connectivity index (χ2n) is 14.1. The van der Waals surface area contributed by atoms with E-state index in [1.165, 1.54) is 54.5 Å². The summed E-state index contributed by atoms with van der Waals surface area (Å²) in [6.45, 7) is 0. The Morgan fingerprint density at radius 3 is 1.91 bits per heavy atom. The van der Waals surface area contributed by atoms with Gasteiger partial charge in [-0.2, -0.15) is 0 Å². The Kier molecular flexibility index (Phi) is 5.06. The summed E-state index contributed by atoms with van der Waals surface area (Å²) in [6, 6.07) is 56.2. The zero-order chi connectivity index (χ0) is 34.4. The molecular formula is C48H26N4O. The van der Waals surface area contributed by atoms with Gasteiger partial charge in [0.05, 0.1) is 33.3 Å². The molecule has 0 saturated carbocycles. The highest BCUT2D eigenvalue weighted by atomic mass is 16.3. The molecule has 0 fully saturated rings. The van der Waals surface area contributed by atoms with Crippen LogP contribution in [-0.4, -0.2) is 19.1 Å². The molecule has 244 valence electrons. The maximum absolute atomic E-state index is 6.57. The number of rotatable bonds is 3. The summed E-state index contributed by atoms with van der Waals surface area (Å²) in [5.74, 6) is 0.633. The lowest BCUT2D eigenvalue weighted by atomic mass is 9.95. The third-order valence-electron chi connectivity index (χ3n) is 11.4. The third-order valence-corrected chi connectivity index (χ3v) is 11.4. The van der Waals surface area contributed by atoms with Gasteiger partial charge in [0.2, 0.25) is 5.95 Å². The minimum Gasteiger partial charge on any atom is -0.455 e. The van der Waals surface area contributed by atoms with E-state index in [1.807, 2.05) is 12.1 Å². The summed E-state index contributed by atoms with van der Waals surface area (Å²) in [4.78, 5) is 10.8. The monoisotopic (exact) mass is 674 g/mol. The van der Waals surface area contributed by atoms with Gasteiger partial charge in [-0.25, -0.2) is 9.97 Å². The van der Waals surface area contributed by atoms with E-state index in [0.29, 0.717) is 5.95 Å². The molecule has 5 nitrogen and oxygen atoms in total. The van der Waals surface area contributed by atoms with Crippen molar-refractivity contribution in [2.45, 2.75) is 0 Å². The fourth-order valence-corrected chi connectivity index (χ4v) is 9.34. The van der Waals surface area contributed by atoms with E-state index < -0.39 is 0 Å². The first kappa shape index (κ1) is 27.5. The van der Waals surface area contributed by atoms with E-state index in [2.05, 4.69) is 155 Å². The summed E-state index contributed by atoms with van der Waals surface area (Å²) >= 11 is 0. The zero-order valence-corrected chi connectivity index (χ0v) is 28.2. The van der Waals surface area contributed by atoms with Crippen LogP contribution in [0.3, 0.4) is 0 Å². The lowest BCUT2D eigenvalue weighted by molar-refractivity contribution is 0.670. The van der Waals surface area contributed by atoms with Gasteiger partial charge >= 0.3 is 0 Å². The second-order valence-corrected chi connectivity index (χ2v) is 14.1. The van der Waals surface area contributed by atoms with Crippen LogP contribution < -0.4 is 0 Å². The molecule has 5 heteroatoms. The number of fused-ring (bicyclic) bond motifs is 5. The molecule has 0 amide bonds. The van der Waals surface area contributed by atoms with Crippen LogP contribution >= 0.6 is 0 Å². The van der Waals surface area contributed by atoms with E-state index in [-0.39, 0.29) is 0 Å². The first-order valence-electron chi connectivity index (χ1n) is 18.0. The lowest BCUT2D eigenvalue weighted by Gasteiger charge is -2.13. The first-order chi connectivity index (χ1) is 26.3. The second kappa shape index (κ2) is 9.75. The average molecular weight is 675 g/mol. The molecule has 53 heavy (non-hydrogen) atoms. The van der Waals surface area contributed by atoms with Gasteiger partial charge in [-0.15, -0.1) is 0 Å². The Morgan fingerprint density at radius 1 is 0.396 bits per heavy atom. The number of hydrogen-bond donors (Lipinski definition) is 0. The molecule has 0 saturated heterocycles. The van der Waals surface area contributed by atoms with Crippen molar-refractivity contribution < 1.29 is 4.42 Å². The fourth-order valence-electron chi connectivity index (χ4n) is 9.34. The van der Waals surface area contributed by atoms with Crippen molar-refractivity contribution in [3.05, 3.63) is 158 Å². The van der Waals surface area contributed by atoms with Gasteiger partial charge in [-0.05, 0) is 76.5 Å². The Balaban J connectivity index is 1.20. The quantitative estimate of drug-likeness (QED) is 0.187. The van der Waals surface area contributed by atoms with Gasteiger partial charge in [0.1, 0.15) is 11.2 Å². The van der Waals surface area contributed by atoms with E-state index in [9.17, 15) is 0 Å². The molecular weight excluding hydrogens is 649 g/mol. The standard InChI is InChI=1S/C48H26N4O/c1-2-12-28(13-3-1)51-37-24-23-27-11-8-16-30-31-17-10-21-36-42(31)44-39(26-25-38(51)45(44)43(37)41(27)30)52(36)48-49-35-20-6-4-15-33(35)46(50-48)34-19-9-18-32-29-14-5-7-22-40(29)53-47(32)34/h1-26H. The number of benzene rings is 8. The van der Waals surface area contributed by atoms with Crippen molar-refractivity contribution in [3.63, 3.8) is 0 Å². The molecule has 0 bridgehead atoms. The summed E-state index contributed by atoms with van der Waals surface area (Å²) in [5, 5.41) is 10.7. The van der Waals surface area contributed by atoms with E-state index in [1.54, 1.807) is 0 Å². The summed E-state index contributed by atoms with van der Waals surface area (Å²) in [5.41, 5.74) is 12.6. The van der Waals surface area contributed by atoms with Crippen LogP contribution in [0.25, 0.3) is 121 Å². The molecule has 0 atom stereocenters.